The third-order valence-corrected chi connectivity index (χ3v) is 12.0. The summed E-state index contributed by atoms with van der Waals surface area (Å²) < 4.78 is 29.1. The lowest BCUT2D eigenvalue weighted by Gasteiger charge is -2.35. The molecule has 0 amide bonds. The van der Waals surface area contributed by atoms with Crippen molar-refractivity contribution in [3.8, 4) is 67.5 Å². The first-order valence-electron chi connectivity index (χ1n) is 15.2. The molecule has 46 heavy (non-hydrogen) atoms. The van der Waals surface area contributed by atoms with Crippen molar-refractivity contribution in [3.05, 3.63) is 158 Å². The Kier molecular flexibility index (Phi) is 6.06. The Labute approximate surface area is 266 Å². The molecule has 0 unspecified atom stereocenters. The van der Waals surface area contributed by atoms with E-state index in [0.29, 0.717) is 38.9 Å². The molecule has 0 saturated heterocycles. The Morgan fingerprint density at radius 1 is 0.391 bits per heavy atom. The lowest BCUT2D eigenvalue weighted by atomic mass is 9.99. The fourth-order valence-corrected chi connectivity index (χ4v) is 9.57. The summed E-state index contributed by atoms with van der Waals surface area (Å²) in [4.78, 5) is 4.17. The molecule has 218 valence electrons. The summed E-state index contributed by atoms with van der Waals surface area (Å²) >= 11 is 0. The molecular weight excluding hydrogens is 585 g/mol. The van der Waals surface area contributed by atoms with Crippen LogP contribution in [-0.4, -0.2) is 4.98 Å². The number of ether oxygens (including phenoxy) is 2. The van der Waals surface area contributed by atoms with Crippen molar-refractivity contribution in [2.24, 2.45) is 0 Å². The van der Waals surface area contributed by atoms with Crippen molar-refractivity contribution in [1.82, 2.24) is 4.98 Å². The summed E-state index contributed by atoms with van der Waals surface area (Å²) in [7, 11) is -3.36. The molecule has 0 aliphatic carbocycles. The molecule has 6 aromatic carbocycles. The summed E-state index contributed by atoms with van der Waals surface area (Å²) in [5.41, 5.74) is 8.23. The number of rotatable bonds is 4. The smallest absolute Gasteiger partial charge is 0.185 e. The number of benzene rings is 6. The second-order valence-electron chi connectivity index (χ2n) is 11.5. The van der Waals surface area contributed by atoms with E-state index >= 15 is 4.57 Å². The Hall–Kier alpha value is -5.70. The average molecular weight is 612 g/mol. The number of hydrogen-bond acceptors (Lipinski definition) is 4. The van der Waals surface area contributed by atoms with Crippen LogP contribution >= 0.6 is 7.14 Å². The zero-order valence-electron chi connectivity index (χ0n) is 24.6. The molecule has 0 atom stereocenters. The van der Waals surface area contributed by atoms with E-state index in [2.05, 4.69) is 47.4 Å². The maximum absolute atomic E-state index is 15.8. The van der Waals surface area contributed by atoms with Crippen molar-refractivity contribution >= 4 is 23.1 Å². The van der Waals surface area contributed by atoms with E-state index in [0.717, 1.165) is 44.5 Å². The molecule has 9 rings (SSSR count). The molecule has 3 heterocycles. The minimum atomic E-state index is -3.36. The zero-order valence-corrected chi connectivity index (χ0v) is 25.5. The number of hydrogen-bond donors (Lipinski definition) is 0. The second-order valence-corrected chi connectivity index (χ2v) is 14.2. The first kappa shape index (κ1) is 26.7. The fourth-order valence-electron chi connectivity index (χ4n) is 6.58. The van der Waals surface area contributed by atoms with Gasteiger partial charge in [0, 0.05) is 12.4 Å². The van der Waals surface area contributed by atoms with Gasteiger partial charge < -0.3 is 14.0 Å². The van der Waals surface area contributed by atoms with Gasteiger partial charge in [-0.05, 0) is 99.1 Å². The van der Waals surface area contributed by atoms with Crippen LogP contribution < -0.4 is 25.4 Å². The molecule has 7 aromatic rings. The largest absolute Gasteiger partial charge is 0.456 e. The van der Waals surface area contributed by atoms with Gasteiger partial charge in [0.1, 0.15) is 28.3 Å². The van der Waals surface area contributed by atoms with Crippen molar-refractivity contribution < 1.29 is 14.0 Å². The zero-order chi connectivity index (χ0) is 30.7. The number of fused-ring (bicyclic) bond motifs is 4. The van der Waals surface area contributed by atoms with Gasteiger partial charge in [-0.15, -0.1) is 0 Å². The molecular formula is C41H26NO3P. The highest BCUT2D eigenvalue weighted by Crippen LogP contribution is 2.59. The van der Waals surface area contributed by atoms with Crippen LogP contribution in [0.25, 0.3) is 44.5 Å². The molecule has 0 saturated carbocycles. The van der Waals surface area contributed by atoms with Crippen LogP contribution in [0.4, 0.5) is 0 Å². The van der Waals surface area contributed by atoms with Gasteiger partial charge in [0.05, 0.1) is 10.6 Å². The number of pyridine rings is 1. The van der Waals surface area contributed by atoms with E-state index in [1.807, 2.05) is 103 Å². The van der Waals surface area contributed by atoms with Crippen LogP contribution in [0.2, 0.25) is 0 Å². The average Bonchev–Trinajstić information content (AvgIpc) is 3.12. The highest BCUT2D eigenvalue weighted by atomic mass is 31.2. The van der Waals surface area contributed by atoms with Gasteiger partial charge in [-0.3, -0.25) is 4.98 Å². The SMILES string of the molecule is O=P12c3ccc(-c4ccccc4)cc3Oc3cc(-c4cccc(-c5ccncc5)c4)cc(c31)Oc1cc(-c3ccccc3)ccc12. The molecule has 0 spiro atoms. The minimum absolute atomic E-state index is 0.556. The highest BCUT2D eigenvalue weighted by molar-refractivity contribution is 7.86. The van der Waals surface area contributed by atoms with E-state index in [9.17, 15) is 0 Å². The molecule has 0 fully saturated rings. The third-order valence-electron chi connectivity index (χ3n) is 8.82. The Balaban J connectivity index is 1.25. The summed E-state index contributed by atoms with van der Waals surface area (Å²) in [5.74, 6) is 2.32. The first-order chi connectivity index (χ1) is 22.6. The van der Waals surface area contributed by atoms with E-state index in [4.69, 9.17) is 9.47 Å². The van der Waals surface area contributed by atoms with Crippen LogP contribution in [0.5, 0.6) is 23.0 Å². The van der Waals surface area contributed by atoms with Crippen LogP contribution in [0.3, 0.4) is 0 Å². The van der Waals surface area contributed by atoms with Gasteiger partial charge in [0.25, 0.3) is 0 Å². The third kappa shape index (κ3) is 4.23. The van der Waals surface area contributed by atoms with Gasteiger partial charge in [-0.1, -0.05) is 91.0 Å². The van der Waals surface area contributed by atoms with Crippen LogP contribution in [0.15, 0.2) is 158 Å². The molecule has 0 radical (unpaired) electrons. The van der Waals surface area contributed by atoms with Gasteiger partial charge in [0.2, 0.25) is 0 Å². The first-order valence-corrected chi connectivity index (χ1v) is 16.9. The monoisotopic (exact) mass is 611 g/mol. The summed E-state index contributed by atoms with van der Waals surface area (Å²) in [6, 6.07) is 48.8. The minimum Gasteiger partial charge on any atom is -0.456 e. The molecule has 0 N–H and O–H groups in total. The molecule has 1 aromatic heterocycles. The van der Waals surface area contributed by atoms with Crippen LogP contribution in [0, 0.1) is 0 Å². The van der Waals surface area contributed by atoms with E-state index in [-0.39, 0.29) is 0 Å². The lowest BCUT2D eigenvalue weighted by molar-refractivity contribution is 0.462. The maximum Gasteiger partial charge on any atom is 0.185 e. The fraction of sp³-hybridized carbons (Fsp3) is 0. The van der Waals surface area contributed by atoms with Crippen molar-refractivity contribution in [1.29, 1.82) is 0 Å². The summed E-state index contributed by atoms with van der Waals surface area (Å²) in [6.45, 7) is 0. The Bertz CT molecular complexity index is 2220. The molecule has 5 heteroatoms. The second kappa shape index (κ2) is 10.4. The number of aromatic nitrogens is 1. The molecule has 0 bridgehead atoms. The normalized spacial score (nSPS) is 13.4. The molecule has 2 aliphatic rings. The molecule has 4 nitrogen and oxygen atoms in total. The summed E-state index contributed by atoms with van der Waals surface area (Å²) in [5, 5.41) is 1.98. The van der Waals surface area contributed by atoms with E-state index < -0.39 is 7.14 Å². The van der Waals surface area contributed by atoms with Gasteiger partial charge >= 0.3 is 0 Å². The van der Waals surface area contributed by atoms with Gasteiger partial charge in [-0.2, -0.15) is 0 Å². The lowest BCUT2D eigenvalue weighted by Crippen LogP contribution is -2.35. The standard InChI is InChI=1S/C41H26NO3P/c43-46-39-16-14-32(27-8-3-1-4-9-27)23-35(39)44-37-25-34(31-13-7-12-30(22-31)29-18-20-42-21-19-29)26-38(41(37)46)45-36-24-33(15-17-40(36)46)28-10-5-2-6-11-28/h1-26H. The summed E-state index contributed by atoms with van der Waals surface area (Å²) in [6.07, 6.45) is 3.60. The maximum atomic E-state index is 15.8. The predicted molar refractivity (Wildman–Crippen MR) is 186 cm³/mol. The van der Waals surface area contributed by atoms with E-state index in [1.54, 1.807) is 12.4 Å². The van der Waals surface area contributed by atoms with E-state index in [1.165, 1.54) is 0 Å². The predicted octanol–water partition coefficient (Wildman–Crippen LogP) is 9.60. The topological polar surface area (TPSA) is 48.4 Å². The van der Waals surface area contributed by atoms with Crippen molar-refractivity contribution in [2.45, 2.75) is 0 Å². The van der Waals surface area contributed by atoms with Crippen molar-refractivity contribution in [3.63, 3.8) is 0 Å². The Morgan fingerprint density at radius 3 is 1.37 bits per heavy atom. The van der Waals surface area contributed by atoms with Crippen molar-refractivity contribution in [2.75, 3.05) is 0 Å². The highest BCUT2D eigenvalue weighted by Gasteiger charge is 2.46. The van der Waals surface area contributed by atoms with Crippen LogP contribution in [0.1, 0.15) is 0 Å². The molecule has 2 aliphatic heterocycles. The van der Waals surface area contributed by atoms with Gasteiger partial charge in [-0.25, -0.2) is 0 Å². The Morgan fingerprint density at radius 2 is 0.826 bits per heavy atom. The number of nitrogens with zero attached hydrogens (tertiary/aromatic N) is 1. The van der Waals surface area contributed by atoms with Gasteiger partial charge in [0.15, 0.2) is 7.14 Å². The quantitative estimate of drug-likeness (QED) is 0.186. The van der Waals surface area contributed by atoms with Crippen LogP contribution in [-0.2, 0) is 4.57 Å².